The quantitative estimate of drug-likeness (QED) is 0.804. The SMILES string of the molecule is CNC(=O)c1ccc(Cl)c(NCc2cn[nH]c2C)c1. The lowest BCUT2D eigenvalue weighted by Gasteiger charge is -2.09. The van der Waals surface area contributed by atoms with Crippen LogP contribution in [0.2, 0.25) is 5.02 Å². The maximum Gasteiger partial charge on any atom is 0.251 e. The number of anilines is 1. The highest BCUT2D eigenvalue weighted by Crippen LogP contribution is 2.23. The fraction of sp³-hybridized carbons (Fsp3) is 0.231. The van der Waals surface area contributed by atoms with E-state index in [9.17, 15) is 4.79 Å². The van der Waals surface area contributed by atoms with Crippen molar-refractivity contribution in [2.45, 2.75) is 13.5 Å². The average molecular weight is 279 g/mol. The second-order valence-corrected chi connectivity index (χ2v) is 4.55. The lowest BCUT2D eigenvalue weighted by atomic mass is 10.1. The van der Waals surface area contributed by atoms with Crippen molar-refractivity contribution >= 4 is 23.2 Å². The van der Waals surface area contributed by atoms with Crippen LogP contribution < -0.4 is 10.6 Å². The summed E-state index contributed by atoms with van der Waals surface area (Å²) in [6.45, 7) is 2.55. The third kappa shape index (κ3) is 3.06. The van der Waals surface area contributed by atoms with E-state index < -0.39 is 0 Å². The van der Waals surface area contributed by atoms with Crippen molar-refractivity contribution in [3.05, 3.63) is 46.2 Å². The molecule has 0 saturated heterocycles. The number of rotatable bonds is 4. The van der Waals surface area contributed by atoms with Gasteiger partial charge in [0.05, 0.1) is 16.9 Å². The van der Waals surface area contributed by atoms with Gasteiger partial charge in [-0.1, -0.05) is 11.6 Å². The molecule has 5 nitrogen and oxygen atoms in total. The van der Waals surface area contributed by atoms with Crippen LogP contribution >= 0.6 is 11.6 Å². The Morgan fingerprint density at radius 1 is 1.47 bits per heavy atom. The first-order chi connectivity index (χ1) is 9.11. The van der Waals surface area contributed by atoms with Crippen LogP contribution in [0.25, 0.3) is 0 Å². The van der Waals surface area contributed by atoms with Gasteiger partial charge in [0.2, 0.25) is 0 Å². The number of hydrogen-bond acceptors (Lipinski definition) is 3. The van der Waals surface area contributed by atoms with Crippen molar-refractivity contribution in [3.8, 4) is 0 Å². The number of nitrogens with one attached hydrogen (secondary N) is 3. The summed E-state index contributed by atoms with van der Waals surface area (Å²) in [7, 11) is 1.60. The van der Waals surface area contributed by atoms with Gasteiger partial charge >= 0.3 is 0 Å². The summed E-state index contributed by atoms with van der Waals surface area (Å²) < 4.78 is 0. The zero-order valence-electron chi connectivity index (χ0n) is 10.7. The Hall–Kier alpha value is -2.01. The zero-order valence-corrected chi connectivity index (χ0v) is 11.5. The van der Waals surface area contributed by atoms with Crippen LogP contribution in [0.1, 0.15) is 21.6 Å². The van der Waals surface area contributed by atoms with Gasteiger partial charge in [-0.3, -0.25) is 9.89 Å². The first-order valence-electron chi connectivity index (χ1n) is 5.86. The van der Waals surface area contributed by atoms with Crippen molar-refractivity contribution in [1.82, 2.24) is 15.5 Å². The molecular formula is C13H15ClN4O. The molecule has 0 aliphatic rings. The van der Waals surface area contributed by atoms with Crippen molar-refractivity contribution in [1.29, 1.82) is 0 Å². The predicted octanol–water partition coefficient (Wildman–Crippen LogP) is 2.34. The molecule has 0 saturated carbocycles. The summed E-state index contributed by atoms with van der Waals surface area (Å²) in [5.41, 5.74) is 3.36. The minimum Gasteiger partial charge on any atom is -0.380 e. The van der Waals surface area contributed by atoms with Crippen LogP contribution in [0.5, 0.6) is 0 Å². The average Bonchev–Trinajstić information content (AvgIpc) is 2.82. The second kappa shape index (κ2) is 5.75. The van der Waals surface area contributed by atoms with E-state index in [0.717, 1.165) is 16.9 Å². The summed E-state index contributed by atoms with van der Waals surface area (Å²) in [6, 6.07) is 5.13. The number of benzene rings is 1. The van der Waals surface area contributed by atoms with Crippen molar-refractivity contribution in [3.63, 3.8) is 0 Å². The molecule has 0 aliphatic heterocycles. The van der Waals surface area contributed by atoms with E-state index in [-0.39, 0.29) is 5.91 Å². The minimum atomic E-state index is -0.140. The minimum absolute atomic E-state index is 0.140. The largest absolute Gasteiger partial charge is 0.380 e. The van der Waals surface area contributed by atoms with Gasteiger partial charge in [0.1, 0.15) is 0 Å². The third-order valence-electron chi connectivity index (χ3n) is 2.86. The number of H-pyrrole nitrogens is 1. The number of amides is 1. The van der Waals surface area contributed by atoms with Crippen LogP contribution in [0.15, 0.2) is 24.4 Å². The maximum absolute atomic E-state index is 11.6. The zero-order chi connectivity index (χ0) is 13.8. The molecule has 0 aliphatic carbocycles. The van der Waals surface area contributed by atoms with Gasteiger partial charge in [-0.2, -0.15) is 5.10 Å². The Morgan fingerprint density at radius 3 is 2.89 bits per heavy atom. The van der Waals surface area contributed by atoms with E-state index in [1.54, 1.807) is 31.4 Å². The van der Waals surface area contributed by atoms with E-state index in [2.05, 4.69) is 20.8 Å². The highest BCUT2D eigenvalue weighted by atomic mass is 35.5. The van der Waals surface area contributed by atoms with Crippen LogP contribution in [-0.4, -0.2) is 23.2 Å². The van der Waals surface area contributed by atoms with Crippen LogP contribution in [0, 0.1) is 6.92 Å². The first kappa shape index (κ1) is 13.4. The molecule has 1 aromatic carbocycles. The fourth-order valence-corrected chi connectivity index (χ4v) is 1.88. The highest BCUT2D eigenvalue weighted by molar-refractivity contribution is 6.33. The topological polar surface area (TPSA) is 69.8 Å². The van der Waals surface area contributed by atoms with Gasteiger partial charge in [0.15, 0.2) is 0 Å². The molecule has 6 heteroatoms. The third-order valence-corrected chi connectivity index (χ3v) is 3.19. The van der Waals surface area contributed by atoms with Gasteiger partial charge in [-0.05, 0) is 25.1 Å². The van der Waals surface area contributed by atoms with Crippen LogP contribution in [0.3, 0.4) is 0 Å². The number of nitrogens with zero attached hydrogens (tertiary/aromatic N) is 1. The molecule has 0 fully saturated rings. The van der Waals surface area contributed by atoms with E-state index in [4.69, 9.17) is 11.6 Å². The number of hydrogen-bond donors (Lipinski definition) is 3. The maximum atomic E-state index is 11.6. The molecule has 0 spiro atoms. The molecule has 0 bridgehead atoms. The number of aromatic nitrogens is 2. The lowest BCUT2D eigenvalue weighted by Crippen LogP contribution is -2.17. The molecule has 0 unspecified atom stereocenters. The normalized spacial score (nSPS) is 10.3. The van der Waals surface area contributed by atoms with Gasteiger partial charge in [0.25, 0.3) is 5.91 Å². The molecule has 3 N–H and O–H groups in total. The Bertz CT molecular complexity index is 594. The summed E-state index contributed by atoms with van der Waals surface area (Å²) in [5, 5.41) is 13.2. The number of carbonyl (C=O) groups excluding carboxylic acids is 1. The summed E-state index contributed by atoms with van der Waals surface area (Å²) in [5.74, 6) is -0.140. The van der Waals surface area contributed by atoms with Crippen LogP contribution in [-0.2, 0) is 6.54 Å². The highest BCUT2D eigenvalue weighted by Gasteiger charge is 2.08. The Morgan fingerprint density at radius 2 is 2.26 bits per heavy atom. The fourth-order valence-electron chi connectivity index (χ4n) is 1.69. The van der Waals surface area contributed by atoms with Crippen LogP contribution in [0.4, 0.5) is 5.69 Å². The molecular weight excluding hydrogens is 264 g/mol. The summed E-state index contributed by atoms with van der Waals surface area (Å²) >= 11 is 6.11. The van der Waals surface area contributed by atoms with Gasteiger partial charge < -0.3 is 10.6 Å². The molecule has 2 aromatic rings. The van der Waals surface area contributed by atoms with E-state index >= 15 is 0 Å². The lowest BCUT2D eigenvalue weighted by molar-refractivity contribution is 0.0963. The molecule has 1 heterocycles. The van der Waals surface area contributed by atoms with Crippen molar-refractivity contribution in [2.24, 2.45) is 0 Å². The summed E-state index contributed by atoms with van der Waals surface area (Å²) in [6.07, 6.45) is 1.76. The molecule has 0 atom stereocenters. The number of carbonyl (C=O) groups is 1. The van der Waals surface area contributed by atoms with E-state index in [1.807, 2.05) is 6.92 Å². The summed E-state index contributed by atoms with van der Waals surface area (Å²) in [4.78, 5) is 11.6. The molecule has 2 rings (SSSR count). The Kier molecular flexibility index (Phi) is 4.06. The monoisotopic (exact) mass is 278 g/mol. The second-order valence-electron chi connectivity index (χ2n) is 4.15. The number of halogens is 1. The van der Waals surface area contributed by atoms with Gasteiger partial charge in [0, 0.05) is 30.4 Å². The molecule has 100 valence electrons. The van der Waals surface area contributed by atoms with E-state index in [0.29, 0.717) is 17.1 Å². The van der Waals surface area contributed by atoms with Crippen molar-refractivity contribution in [2.75, 3.05) is 12.4 Å². The molecule has 19 heavy (non-hydrogen) atoms. The standard InChI is InChI=1S/C13H15ClN4O/c1-8-10(7-17-18-8)6-16-12-5-9(13(19)15-2)3-4-11(12)14/h3-5,7,16H,6H2,1-2H3,(H,15,19)(H,17,18). The molecule has 1 aromatic heterocycles. The smallest absolute Gasteiger partial charge is 0.251 e. The Labute approximate surface area is 116 Å². The molecule has 1 amide bonds. The Balaban J connectivity index is 2.15. The van der Waals surface area contributed by atoms with E-state index in [1.165, 1.54) is 0 Å². The predicted molar refractivity (Wildman–Crippen MR) is 75.5 cm³/mol. The number of aryl methyl sites for hydroxylation is 1. The van der Waals surface area contributed by atoms with Gasteiger partial charge in [-0.25, -0.2) is 0 Å². The number of aromatic amines is 1. The van der Waals surface area contributed by atoms with Crippen molar-refractivity contribution < 1.29 is 4.79 Å². The first-order valence-corrected chi connectivity index (χ1v) is 6.24. The van der Waals surface area contributed by atoms with Gasteiger partial charge in [-0.15, -0.1) is 0 Å². The molecule has 0 radical (unpaired) electrons.